The standard InChI is InChI=1S/C27H31NO4/c1-11-14-16-17-15(24(31)28(10)25(32)19(17)21(11)27(7,8)9)12(2)20(26(4,5)6)18(16)23(30)13(3)22(14)29/h13H,1-10H3. The third-order valence-corrected chi connectivity index (χ3v) is 7.07. The molecule has 0 saturated carbocycles. The van der Waals surface area contributed by atoms with Gasteiger partial charge in [-0.05, 0) is 53.9 Å². The number of amides is 2. The molecule has 0 bridgehead atoms. The average molecular weight is 434 g/mol. The smallest absolute Gasteiger partial charge is 0.261 e. The van der Waals surface area contributed by atoms with E-state index in [9.17, 15) is 19.2 Å². The summed E-state index contributed by atoms with van der Waals surface area (Å²) >= 11 is 0. The molecule has 2 amide bonds. The molecule has 1 aliphatic heterocycles. The van der Waals surface area contributed by atoms with Gasteiger partial charge in [-0.3, -0.25) is 24.1 Å². The van der Waals surface area contributed by atoms with Gasteiger partial charge < -0.3 is 0 Å². The van der Waals surface area contributed by atoms with Gasteiger partial charge in [0, 0.05) is 28.9 Å². The highest BCUT2D eigenvalue weighted by Gasteiger charge is 2.46. The Kier molecular flexibility index (Phi) is 4.45. The van der Waals surface area contributed by atoms with Crippen molar-refractivity contribution in [2.24, 2.45) is 5.92 Å². The lowest BCUT2D eigenvalue weighted by Gasteiger charge is -2.38. The fourth-order valence-corrected chi connectivity index (χ4v) is 5.89. The monoisotopic (exact) mass is 433 g/mol. The van der Waals surface area contributed by atoms with Crippen LogP contribution in [0.15, 0.2) is 0 Å². The number of hydrogen-bond donors (Lipinski definition) is 0. The Bertz CT molecular complexity index is 1200. The van der Waals surface area contributed by atoms with Crippen molar-refractivity contribution in [3.05, 3.63) is 44.5 Å². The maximum Gasteiger partial charge on any atom is 0.261 e. The number of benzene rings is 2. The number of rotatable bonds is 0. The van der Waals surface area contributed by atoms with Crippen molar-refractivity contribution in [1.82, 2.24) is 4.90 Å². The SMILES string of the molecule is Cc1c(C(C)(C)C)c2c3c(c(C)c(C(C)(C)C)c4c3c1C(=O)N(C)C4=O)C(=O)C(C)C2=O. The second-order valence-electron chi connectivity index (χ2n) is 11.4. The maximum absolute atomic E-state index is 13.6. The molecule has 0 radical (unpaired) electrons. The predicted octanol–water partition coefficient (Wildman–Crippen LogP) is 5.29. The predicted molar refractivity (Wildman–Crippen MR) is 125 cm³/mol. The summed E-state index contributed by atoms with van der Waals surface area (Å²) < 4.78 is 0. The van der Waals surface area contributed by atoms with Gasteiger partial charge in [-0.25, -0.2) is 0 Å². The van der Waals surface area contributed by atoms with Gasteiger partial charge in [0.05, 0.1) is 17.0 Å². The van der Waals surface area contributed by atoms with E-state index in [4.69, 9.17) is 0 Å². The molecule has 2 aromatic rings. The fraction of sp³-hybridized carbons (Fsp3) is 0.481. The Hall–Kier alpha value is -2.82. The first-order valence-electron chi connectivity index (χ1n) is 11.1. The molecule has 0 N–H and O–H groups in total. The van der Waals surface area contributed by atoms with E-state index in [1.165, 1.54) is 11.9 Å². The molecule has 1 heterocycles. The van der Waals surface area contributed by atoms with E-state index in [-0.39, 0.29) is 23.4 Å². The lowest BCUT2D eigenvalue weighted by atomic mass is 9.65. The Morgan fingerprint density at radius 1 is 0.625 bits per heavy atom. The zero-order valence-electron chi connectivity index (χ0n) is 20.7. The molecule has 1 unspecified atom stereocenters. The summed E-state index contributed by atoms with van der Waals surface area (Å²) in [6, 6.07) is 0. The average Bonchev–Trinajstić information content (AvgIpc) is 2.65. The first-order valence-corrected chi connectivity index (χ1v) is 11.1. The molecule has 0 spiro atoms. The van der Waals surface area contributed by atoms with Crippen LogP contribution in [0.3, 0.4) is 0 Å². The molecule has 1 aliphatic carbocycles. The topological polar surface area (TPSA) is 71.5 Å². The van der Waals surface area contributed by atoms with Gasteiger partial charge in [0.15, 0.2) is 11.6 Å². The van der Waals surface area contributed by atoms with Crippen LogP contribution in [0.25, 0.3) is 10.8 Å². The molecule has 168 valence electrons. The molecule has 0 saturated heterocycles. The molecule has 0 aromatic heterocycles. The highest BCUT2D eigenvalue weighted by molar-refractivity contribution is 6.37. The number of nitrogens with zero attached hydrogens (tertiary/aromatic N) is 1. The Morgan fingerprint density at radius 2 is 1.00 bits per heavy atom. The van der Waals surface area contributed by atoms with Gasteiger partial charge in [-0.2, -0.15) is 0 Å². The van der Waals surface area contributed by atoms with E-state index in [2.05, 4.69) is 0 Å². The number of imide groups is 1. The fourth-order valence-electron chi connectivity index (χ4n) is 5.89. The van der Waals surface area contributed by atoms with Crippen LogP contribution in [-0.2, 0) is 10.8 Å². The molecule has 2 aromatic carbocycles. The van der Waals surface area contributed by atoms with E-state index in [0.717, 1.165) is 22.3 Å². The van der Waals surface area contributed by atoms with Crippen LogP contribution in [0.2, 0.25) is 0 Å². The van der Waals surface area contributed by atoms with E-state index < -0.39 is 16.7 Å². The van der Waals surface area contributed by atoms with Gasteiger partial charge in [0.25, 0.3) is 11.8 Å². The van der Waals surface area contributed by atoms with Crippen LogP contribution in [0.5, 0.6) is 0 Å². The van der Waals surface area contributed by atoms with Gasteiger partial charge in [-0.15, -0.1) is 0 Å². The summed E-state index contributed by atoms with van der Waals surface area (Å²) in [6.07, 6.45) is 0. The van der Waals surface area contributed by atoms with Crippen molar-refractivity contribution in [2.75, 3.05) is 7.05 Å². The highest BCUT2D eigenvalue weighted by atomic mass is 16.2. The minimum absolute atomic E-state index is 0.227. The normalized spacial score (nSPS) is 18.8. The third kappa shape index (κ3) is 2.57. The summed E-state index contributed by atoms with van der Waals surface area (Å²) in [6.45, 7) is 17.5. The van der Waals surface area contributed by atoms with Crippen LogP contribution in [0, 0.1) is 19.8 Å². The number of carbonyl (C=O) groups excluding carboxylic acids is 4. The van der Waals surface area contributed by atoms with Crippen molar-refractivity contribution >= 4 is 34.2 Å². The van der Waals surface area contributed by atoms with Gasteiger partial charge in [-0.1, -0.05) is 41.5 Å². The van der Waals surface area contributed by atoms with Crippen LogP contribution in [0.4, 0.5) is 0 Å². The molecular formula is C27H31NO4. The van der Waals surface area contributed by atoms with Crippen LogP contribution in [-0.4, -0.2) is 35.3 Å². The van der Waals surface area contributed by atoms with Crippen molar-refractivity contribution in [2.45, 2.75) is 73.1 Å². The summed E-state index contributed by atoms with van der Waals surface area (Å²) in [5, 5.41) is 0.983. The van der Waals surface area contributed by atoms with Gasteiger partial charge in [0.2, 0.25) is 0 Å². The molecule has 5 heteroatoms. The Labute approximate surface area is 189 Å². The van der Waals surface area contributed by atoms with Crippen molar-refractivity contribution in [3.8, 4) is 0 Å². The first kappa shape index (κ1) is 22.4. The molecule has 5 nitrogen and oxygen atoms in total. The molecule has 2 aliphatic rings. The number of ketones is 2. The minimum atomic E-state index is -0.800. The van der Waals surface area contributed by atoms with Crippen LogP contribution >= 0.6 is 0 Å². The van der Waals surface area contributed by atoms with Gasteiger partial charge >= 0.3 is 0 Å². The molecule has 4 rings (SSSR count). The van der Waals surface area contributed by atoms with Crippen molar-refractivity contribution in [1.29, 1.82) is 0 Å². The second-order valence-corrected chi connectivity index (χ2v) is 11.4. The Morgan fingerprint density at radius 3 is 1.50 bits per heavy atom. The highest BCUT2D eigenvalue weighted by Crippen LogP contribution is 2.49. The molecule has 32 heavy (non-hydrogen) atoms. The summed E-state index contributed by atoms with van der Waals surface area (Å²) in [5.74, 6) is -2.02. The summed E-state index contributed by atoms with van der Waals surface area (Å²) in [7, 11) is 1.50. The first-order chi connectivity index (χ1) is 14.5. The lowest BCUT2D eigenvalue weighted by Crippen LogP contribution is -2.42. The zero-order valence-corrected chi connectivity index (χ0v) is 20.7. The number of hydrogen-bond acceptors (Lipinski definition) is 4. The largest absolute Gasteiger partial charge is 0.293 e. The van der Waals surface area contributed by atoms with Crippen LogP contribution < -0.4 is 0 Å². The van der Waals surface area contributed by atoms with E-state index in [0.29, 0.717) is 33.0 Å². The van der Waals surface area contributed by atoms with Crippen molar-refractivity contribution < 1.29 is 19.2 Å². The molecule has 0 fully saturated rings. The summed E-state index contributed by atoms with van der Waals surface area (Å²) in [5.41, 5.74) is 4.02. The quantitative estimate of drug-likeness (QED) is 0.418. The molecule has 1 atom stereocenters. The molecular weight excluding hydrogens is 402 g/mol. The Balaban J connectivity index is 2.49. The summed E-state index contributed by atoms with van der Waals surface area (Å²) in [4.78, 5) is 55.2. The third-order valence-electron chi connectivity index (χ3n) is 7.07. The van der Waals surface area contributed by atoms with Crippen LogP contribution in [0.1, 0.15) is 112 Å². The van der Waals surface area contributed by atoms with E-state index in [1.807, 2.05) is 55.4 Å². The van der Waals surface area contributed by atoms with Crippen molar-refractivity contribution in [3.63, 3.8) is 0 Å². The second kappa shape index (κ2) is 6.37. The van der Waals surface area contributed by atoms with E-state index in [1.54, 1.807) is 6.92 Å². The lowest BCUT2D eigenvalue weighted by molar-refractivity contribution is 0.0645. The van der Waals surface area contributed by atoms with E-state index >= 15 is 0 Å². The number of Topliss-reactive ketones (excluding diaryl/α,β-unsaturated/α-hetero) is 2. The van der Waals surface area contributed by atoms with Gasteiger partial charge in [0.1, 0.15) is 0 Å². The maximum atomic E-state index is 13.6. The number of carbonyl (C=O) groups is 4. The minimum Gasteiger partial charge on any atom is -0.293 e. The zero-order chi connectivity index (χ0) is 24.2.